The predicted octanol–water partition coefficient (Wildman–Crippen LogP) is 6.14. The molecule has 2 aromatic carbocycles. The molecule has 0 aromatic heterocycles. The first-order valence-electron chi connectivity index (χ1n) is 10.4. The van der Waals surface area contributed by atoms with Gasteiger partial charge in [0.25, 0.3) is 0 Å². The maximum atomic E-state index is 11.2. The molecule has 0 amide bonds. The summed E-state index contributed by atoms with van der Waals surface area (Å²) in [4.78, 5) is 11.2. The standard InChI is InChI=1S/C25H26Cl2O4/c1-16(2)19-12-17(7-9-23(19)31-25-6-4-5-11-30-25)13-20-21(26)14-18(15-22(20)27)8-10-24(28)29-3/h7,9,12,14-16,25H,4-6,11,13H2,1-3H3. The summed E-state index contributed by atoms with van der Waals surface area (Å²) < 4.78 is 16.4. The van der Waals surface area contributed by atoms with E-state index in [9.17, 15) is 4.79 Å². The third kappa shape index (κ3) is 6.40. The van der Waals surface area contributed by atoms with E-state index in [-0.39, 0.29) is 6.29 Å². The number of carbonyl (C=O) groups is 1. The van der Waals surface area contributed by atoms with Crippen LogP contribution in [0.5, 0.6) is 5.75 Å². The van der Waals surface area contributed by atoms with Crippen LogP contribution in [0.1, 0.15) is 61.3 Å². The van der Waals surface area contributed by atoms with Crippen LogP contribution in [0, 0.1) is 11.8 Å². The minimum absolute atomic E-state index is 0.181. The van der Waals surface area contributed by atoms with Crippen molar-refractivity contribution in [2.45, 2.75) is 51.7 Å². The van der Waals surface area contributed by atoms with Crippen molar-refractivity contribution < 1.29 is 19.0 Å². The molecule has 1 atom stereocenters. The Kier molecular flexibility index (Phi) is 8.26. The maximum absolute atomic E-state index is 11.2. The van der Waals surface area contributed by atoms with Crippen molar-refractivity contribution in [1.29, 1.82) is 0 Å². The highest BCUT2D eigenvalue weighted by molar-refractivity contribution is 6.36. The van der Waals surface area contributed by atoms with E-state index < -0.39 is 5.97 Å². The van der Waals surface area contributed by atoms with Gasteiger partial charge in [0.15, 0.2) is 6.29 Å². The Labute approximate surface area is 193 Å². The molecule has 1 heterocycles. The summed E-state index contributed by atoms with van der Waals surface area (Å²) in [5.41, 5.74) is 3.58. The SMILES string of the molecule is COC(=O)C#Cc1cc(Cl)c(Cc2ccc(OC3CCCCO3)c(C(C)C)c2)c(Cl)c1. The van der Waals surface area contributed by atoms with Crippen molar-refractivity contribution in [2.75, 3.05) is 13.7 Å². The van der Waals surface area contributed by atoms with Crippen LogP contribution < -0.4 is 4.74 Å². The predicted molar refractivity (Wildman–Crippen MR) is 123 cm³/mol. The third-order valence-corrected chi connectivity index (χ3v) is 5.78. The number of hydrogen-bond donors (Lipinski definition) is 0. The second-order valence-corrected chi connectivity index (χ2v) is 8.59. The molecule has 6 heteroatoms. The van der Waals surface area contributed by atoms with Crippen molar-refractivity contribution in [3.05, 3.63) is 62.6 Å². The lowest BCUT2D eigenvalue weighted by molar-refractivity contribution is -0.133. The lowest BCUT2D eigenvalue weighted by Crippen LogP contribution is -2.25. The van der Waals surface area contributed by atoms with Crippen molar-refractivity contribution in [3.63, 3.8) is 0 Å². The fourth-order valence-corrected chi connectivity index (χ4v) is 4.06. The highest BCUT2D eigenvalue weighted by Gasteiger charge is 2.19. The third-order valence-electron chi connectivity index (χ3n) is 5.11. The molecular weight excluding hydrogens is 435 g/mol. The van der Waals surface area contributed by atoms with Gasteiger partial charge in [-0.05, 0) is 53.6 Å². The first-order valence-corrected chi connectivity index (χ1v) is 11.1. The Morgan fingerprint density at radius 2 is 1.94 bits per heavy atom. The van der Waals surface area contributed by atoms with Crippen LogP contribution in [0.3, 0.4) is 0 Å². The Balaban J connectivity index is 1.82. The molecule has 31 heavy (non-hydrogen) atoms. The van der Waals surface area contributed by atoms with Gasteiger partial charge in [0, 0.05) is 34.4 Å². The van der Waals surface area contributed by atoms with Gasteiger partial charge in [0.2, 0.25) is 0 Å². The van der Waals surface area contributed by atoms with Crippen molar-refractivity contribution in [1.82, 2.24) is 0 Å². The zero-order valence-corrected chi connectivity index (χ0v) is 19.5. The van der Waals surface area contributed by atoms with E-state index >= 15 is 0 Å². The molecule has 1 aliphatic rings. The summed E-state index contributed by atoms with van der Waals surface area (Å²) in [6.07, 6.45) is 3.51. The topological polar surface area (TPSA) is 44.8 Å². The molecular formula is C25H26Cl2O4. The summed E-state index contributed by atoms with van der Waals surface area (Å²) >= 11 is 13.0. The molecule has 3 rings (SSSR count). The van der Waals surface area contributed by atoms with Gasteiger partial charge in [-0.3, -0.25) is 0 Å². The first-order chi connectivity index (χ1) is 14.9. The minimum atomic E-state index is -0.613. The van der Waals surface area contributed by atoms with Gasteiger partial charge in [-0.25, -0.2) is 4.79 Å². The van der Waals surface area contributed by atoms with E-state index in [2.05, 4.69) is 36.5 Å². The molecule has 0 aliphatic carbocycles. The van der Waals surface area contributed by atoms with Gasteiger partial charge >= 0.3 is 5.97 Å². The number of hydrogen-bond acceptors (Lipinski definition) is 4. The highest BCUT2D eigenvalue weighted by atomic mass is 35.5. The van der Waals surface area contributed by atoms with Crippen molar-refractivity contribution in [2.24, 2.45) is 0 Å². The van der Waals surface area contributed by atoms with E-state index in [0.29, 0.717) is 27.9 Å². The Bertz CT molecular complexity index is 975. The summed E-state index contributed by atoms with van der Waals surface area (Å²) in [5, 5.41) is 1.01. The highest BCUT2D eigenvalue weighted by Crippen LogP contribution is 2.33. The molecule has 1 fully saturated rings. The van der Waals surface area contributed by atoms with Crippen LogP contribution in [0.15, 0.2) is 30.3 Å². The van der Waals surface area contributed by atoms with E-state index in [1.165, 1.54) is 7.11 Å². The zero-order chi connectivity index (χ0) is 22.4. The lowest BCUT2D eigenvalue weighted by atomic mass is 9.96. The summed E-state index contributed by atoms with van der Waals surface area (Å²) in [6, 6.07) is 9.59. The minimum Gasteiger partial charge on any atom is -0.465 e. The Hall–Kier alpha value is -2.19. The molecule has 2 aromatic rings. The van der Waals surface area contributed by atoms with Crippen LogP contribution in [0.4, 0.5) is 0 Å². The number of ether oxygens (including phenoxy) is 3. The van der Waals surface area contributed by atoms with Crippen LogP contribution in [-0.2, 0) is 20.7 Å². The zero-order valence-electron chi connectivity index (χ0n) is 18.0. The fraction of sp³-hybridized carbons (Fsp3) is 0.400. The lowest BCUT2D eigenvalue weighted by Gasteiger charge is -2.25. The summed E-state index contributed by atoms with van der Waals surface area (Å²) in [6.45, 7) is 5.03. The molecule has 1 unspecified atom stereocenters. The Morgan fingerprint density at radius 3 is 2.55 bits per heavy atom. The van der Waals surface area contributed by atoms with Gasteiger partial charge in [-0.1, -0.05) is 55.1 Å². The number of methoxy groups -OCH3 is 1. The number of halogens is 2. The van der Waals surface area contributed by atoms with Gasteiger partial charge in [-0.2, -0.15) is 0 Å². The average Bonchev–Trinajstić information content (AvgIpc) is 2.76. The first kappa shape index (κ1) is 23.5. The molecule has 0 N–H and O–H groups in total. The smallest absolute Gasteiger partial charge is 0.384 e. The van der Waals surface area contributed by atoms with Gasteiger partial charge in [0.1, 0.15) is 5.75 Å². The van der Waals surface area contributed by atoms with Gasteiger partial charge in [-0.15, -0.1) is 0 Å². The van der Waals surface area contributed by atoms with Crippen LogP contribution in [0.25, 0.3) is 0 Å². The molecule has 164 valence electrons. The van der Waals surface area contributed by atoms with Crippen molar-refractivity contribution >= 4 is 29.2 Å². The summed E-state index contributed by atoms with van der Waals surface area (Å²) in [7, 11) is 1.28. The quantitative estimate of drug-likeness (QED) is 0.397. The number of carbonyl (C=O) groups excluding carboxylic acids is 1. The van der Waals surface area contributed by atoms with Crippen LogP contribution >= 0.6 is 23.2 Å². The monoisotopic (exact) mass is 460 g/mol. The number of rotatable bonds is 5. The molecule has 0 saturated carbocycles. The maximum Gasteiger partial charge on any atom is 0.384 e. The van der Waals surface area contributed by atoms with E-state index in [1.54, 1.807) is 12.1 Å². The van der Waals surface area contributed by atoms with E-state index in [4.69, 9.17) is 32.7 Å². The molecule has 1 saturated heterocycles. The number of esters is 1. The second-order valence-electron chi connectivity index (χ2n) is 7.78. The van der Waals surface area contributed by atoms with Crippen molar-refractivity contribution in [3.8, 4) is 17.6 Å². The second kappa shape index (κ2) is 10.9. The summed E-state index contributed by atoms with van der Waals surface area (Å²) in [5.74, 6) is 5.63. The molecule has 4 nitrogen and oxygen atoms in total. The molecule has 0 radical (unpaired) electrons. The largest absolute Gasteiger partial charge is 0.465 e. The van der Waals surface area contributed by atoms with E-state index in [0.717, 1.165) is 48.3 Å². The fourth-order valence-electron chi connectivity index (χ4n) is 3.43. The molecule has 0 spiro atoms. The number of benzene rings is 2. The molecule has 1 aliphatic heterocycles. The van der Waals surface area contributed by atoms with E-state index in [1.807, 2.05) is 12.1 Å². The Morgan fingerprint density at radius 1 is 1.19 bits per heavy atom. The van der Waals surface area contributed by atoms with Crippen LogP contribution in [0.2, 0.25) is 10.0 Å². The van der Waals surface area contributed by atoms with Gasteiger partial charge < -0.3 is 14.2 Å². The average molecular weight is 461 g/mol. The van der Waals surface area contributed by atoms with Crippen LogP contribution in [-0.4, -0.2) is 26.0 Å². The normalized spacial score (nSPS) is 15.9. The van der Waals surface area contributed by atoms with Gasteiger partial charge in [0.05, 0.1) is 13.7 Å². The molecule has 0 bridgehead atoms.